The molecule has 66 valence electrons. The Labute approximate surface area is 74.3 Å². The second kappa shape index (κ2) is 2.09. The monoisotopic (exact) mass is 177 g/mol. The normalized spacial score (nSPS) is 28.0. The number of non-ortho nitro benzene ring substituents is 1. The molecule has 1 aliphatic carbocycles. The third-order valence-electron chi connectivity index (χ3n) is 2.65. The summed E-state index contributed by atoms with van der Waals surface area (Å²) in [5.41, 5.74) is 2.39. The van der Waals surface area contributed by atoms with Crippen LogP contribution < -0.4 is 0 Å². The van der Waals surface area contributed by atoms with Crippen LogP contribution in [0.4, 0.5) is 5.69 Å². The van der Waals surface area contributed by atoms with Crippen LogP contribution in [0.2, 0.25) is 0 Å². The summed E-state index contributed by atoms with van der Waals surface area (Å²) in [5.74, 6) is 0. The summed E-state index contributed by atoms with van der Waals surface area (Å²) in [6.45, 7) is 0. The number of rotatable bonds is 1. The van der Waals surface area contributed by atoms with Crippen LogP contribution in [0.5, 0.6) is 0 Å². The van der Waals surface area contributed by atoms with E-state index in [9.17, 15) is 10.1 Å². The first-order chi connectivity index (χ1) is 6.25. The summed E-state index contributed by atoms with van der Waals surface area (Å²) in [5, 5.41) is 10.5. The van der Waals surface area contributed by atoms with Gasteiger partial charge in [-0.1, -0.05) is 0 Å². The van der Waals surface area contributed by atoms with E-state index in [4.69, 9.17) is 4.74 Å². The fourth-order valence-corrected chi connectivity index (χ4v) is 1.95. The molecule has 4 heteroatoms. The molecule has 0 saturated carbocycles. The van der Waals surface area contributed by atoms with Crippen LogP contribution >= 0.6 is 0 Å². The second-order valence-corrected chi connectivity index (χ2v) is 3.44. The lowest BCUT2D eigenvalue weighted by molar-refractivity contribution is -0.384. The fraction of sp³-hybridized carbons (Fsp3) is 0.333. The first-order valence-electron chi connectivity index (χ1n) is 4.18. The predicted molar refractivity (Wildman–Crippen MR) is 44.4 cm³/mol. The Morgan fingerprint density at radius 3 is 3.15 bits per heavy atom. The molecule has 1 fully saturated rings. The van der Waals surface area contributed by atoms with Gasteiger partial charge in [-0.05, 0) is 17.2 Å². The number of benzene rings is 1. The molecule has 2 atom stereocenters. The number of fused-ring (bicyclic) bond motifs is 3. The van der Waals surface area contributed by atoms with Crippen molar-refractivity contribution in [2.75, 3.05) is 0 Å². The zero-order valence-corrected chi connectivity index (χ0v) is 6.77. The van der Waals surface area contributed by atoms with Gasteiger partial charge in [-0.25, -0.2) is 0 Å². The van der Waals surface area contributed by atoms with Gasteiger partial charge < -0.3 is 4.74 Å². The first kappa shape index (κ1) is 7.03. The highest BCUT2D eigenvalue weighted by molar-refractivity contribution is 5.46. The largest absolute Gasteiger partial charge is 0.364 e. The summed E-state index contributed by atoms with van der Waals surface area (Å²) in [6.07, 6.45) is 1.37. The van der Waals surface area contributed by atoms with Crippen molar-refractivity contribution in [2.24, 2.45) is 0 Å². The SMILES string of the molecule is O=[N+]([O-])c1ccc2c(c1)C[C@@H]1O[C@H]21. The molecule has 0 aromatic heterocycles. The average Bonchev–Trinajstić information content (AvgIpc) is 2.78. The van der Waals surface area contributed by atoms with Gasteiger partial charge in [-0.15, -0.1) is 0 Å². The summed E-state index contributed by atoms with van der Waals surface area (Å²) in [6, 6.07) is 5.01. The summed E-state index contributed by atoms with van der Waals surface area (Å²) in [7, 11) is 0. The standard InChI is InChI=1S/C9H7NO3/c11-10(12)6-1-2-7-5(3-6)4-8-9(7)13-8/h1-3,8-9H,4H2/t8-,9+/m0/s1. The molecule has 1 aromatic carbocycles. The maximum Gasteiger partial charge on any atom is 0.269 e. The Morgan fingerprint density at radius 1 is 1.54 bits per heavy atom. The van der Waals surface area contributed by atoms with Crippen LogP contribution in [-0.4, -0.2) is 11.0 Å². The third-order valence-corrected chi connectivity index (χ3v) is 2.65. The van der Waals surface area contributed by atoms with E-state index >= 15 is 0 Å². The quantitative estimate of drug-likeness (QED) is 0.372. The van der Waals surface area contributed by atoms with E-state index in [1.807, 2.05) is 6.07 Å². The summed E-state index contributed by atoms with van der Waals surface area (Å²) >= 11 is 0. The topological polar surface area (TPSA) is 55.7 Å². The average molecular weight is 177 g/mol. The van der Waals surface area contributed by atoms with Gasteiger partial charge in [-0.3, -0.25) is 10.1 Å². The number of hydrogen-bond donors (Lipinski definition) is 0. The van der Waals surface area contributed by atoms with Crippen molar-refractivity contribution in [3.05, 3.63) is 39.4 Å². The number of hydrogen-bond acceptors (Lipinski definition) is 3. The number of nitro benzene ring substituents is 1. The van der Waals surface area contributed by atoms with Crippen LogP contribution in [-0.2, 0) is 11.2 Å². The molecule has 3 rings (SSSR count). The number of nitro groups is 1. The molecular formula is C9H7NO3. The Balaban J connectivity index is 2.09. The van der Waals surface area contributed by atoms with Crippen LogP contribution in [0.15, 0.2) is 18.2 Å². The highest BCUT2D eigenvalue weighted by atomic mass is 16.6. The van der Waals surface area contributed by atoms with Crippen LogP contribution in [0.3, 0.4) is 0 Å². The summed E-state index contributed by atoms with van der Waals surface area (Å²) < 4.78 is 5.31. The minimum atomic E-state index is -0.356. The Hall–Kier alpha value is -1.42. The third kappa shape index (κ3) is 0.890. The number of nitrogens with zero attached hydrogens (tertiary/aromatic N) is 1. The molecule has 1 heterocycles. The van der Waals surface area contributed by atoms with Gasteiger partial charge in [0.1, 0.15) is 6.10 Å². The van der Waals surface area contributed by atoms with E-state index in [-0.39, 0.29) is 16.7 Å². The predicted octanol–water partition coefficient (Wildman–Crippen LogP) is 1.59. The molecule has 0 N–H and O–H groups in total. The Bertz CT molecular complexity index is 402. The maximum absolute atomic E-state index is 10.5. The van der Waals surface area contributed by atoms with E-state index in [1.54, 1.807) is 12.1 Å². The molecule has 0 radical (unpaired) electrons. The van der Waals surface area contributed by atoms with Gasteiger partial charge in [0.2, 0.25) is 0 Å². The molecular weight excluding hydrogens is 170 g/mol. The lowest BCUT2D eigenvalue weighted by atomic mass is 10.1. The van der Waals surface area contributed by atoms with Gasteiger partial charge in [0.05, 0.1) is 11.0 Å². The summed E-state index contributed by atoms with van der Waals surface area (Å²) in [4.78, 5) is 10.1. The molecule has 2 aliphatic rings. The van der Waals surface area contributed by atoms with Crippen molar-refractivity contribution in [3.8, 4) is 0 Å². The van der Waals surface area contributed by atoms with Gasteiger partial charge in [0, 0.05) is 18.6 Å². The van der Waals surface area contributed by atoms with E-state index in [2.05, 4.69) is 0 Å². The molecule has 1 aliphatic heterocycles. The van der Waals surface area contributed by atoms with Gasteiger partial charge >= 0.3 is 0 Å². The van der Waals surface area contributed by atoms with Crippen LogP contribution in [0.25, 0.3) is 0 Å². The molecule has 4 nitrogen and oxygen atoms in total. The zero-order chi connectivity index (χ0) is 9.00. The number of ether oxygens (including phenoxy) is 1. The van der Waals surface area contributed by atoms with Crippen LogP contribution in [0.1, 0.15) is 17.2 Å². The zero-order valence-electron chi connectivity index (χ0n) is 6.77. The van der Waals surface area contributed by atoms with E-state index < -0.39 is 0 Å². The van der Waals surface area contributed by atoms with Crippen molar-refractivity contribution in [1.82, 2.24) is 0 Å². The highest BCUT2D eigenvalue weighted by Gasteiger charge is 2.47. The Morgan fingerprint density at radius 2 is 2.38 bits per heavy atom. The Kier molecular flexibility index (Phi) is 1.13. The van der Waals surface area contributed by atoms with E-state index in [1.165, 1.54) is 0 Å². The van der Waals surface area contributed by atoms with Crippen LogP contribution in [0, 0.1) is 10.1 Å². The van der Waals surface area contributed by atoms with Gasteiger partial charge in [0.25, 0.3) is 5.69 Å². The minimum absolute atomic E-state index is 0.181. The van der Waals surface area contributed by atoms with Crippen molar-refractivity contribution in [1.29, 1.82) is 0 Å². The fourth-order valence-electron chi connectivity index (χ4n) is 1.95. The van der Waals surface area contributed by atoms with Crippen molar-refractivity contribution < 1.29 is 9.66 Å². The molecule has 1 aromatic rings. The number of epoxide rings is 1. The maximum atomic E-state index is 10.5. The second-order valence-electron chi connectivity index (χ2n) is 3.44. The first-order valence-corrected chi connectivity index (χ1v) is 4.18. The molecule has 1 saturated heterocycles. The minimum Gasteiger partial charge on any atom is -0.364 e. The lowest BCUT2D eigenvalue weighted by Gasteiger charge is -2.00. The molecule has 0 bridgehead atoms. The molecule has 0 unspecified atom stereocenters. The van der Waals surface area contributed by atoms with E-state index in [0.717, 1.165) is 17.5 Å². The van der Waals surface area contributed by atoms with Crippen molar-refractivity contribution in [2.45, 2.75) is 18.6 Å². The van der Waals surface area contributed by atoms with Gasteiger partial charge in [-0.2, -0.15) is 0 Å². The molecule has 0 spiro atoms. The van der Waals surface area contributed by atoms with E-state index in [0.29, 0.717) is 6.10 Å². The molecule has 0 amide bonds. The smallest absolute Gasteiger partial charge is 0.269 e. The molecule has 13 heavy (non-hydrogen) atoms. The lowest BCUT2D eigenvalue weighted by Crippen LogP contribution is -1.93. The highest BCUT2D eigenvalue weighted by Crippen LogP contribution is 2.49. The van der Waals surface area contributed by atoms with Crippen molar-refractivity contribution in [3.63, 3.8) is 0 Å². The van der Waals surface area contributed by atoms with Crippen molar-refractivity contribution >= 4 is 5.69 Å². The van der Waals surface area contributed by atoms with Gasteiger partial charge in [0.15, 0.2) is 0 Å².